The molecule has 0 bridgehead atoms. The molecule has 0 aliphatic carbocycles. The second-order valence-corrected chi connectivity index (χ2v) is 5.37. The summed E-state index contributed by atoms with van der Waals surface area (Å²) in [7, 11) is 0. The molecule has 0 radical (unpaired) electrons. The summed E-state index contributed by atoms with van der Waals surface area (Å²) in [6, 6.07) is 9.40. The van der Waals surface area contributed by atoms with Crippen LogP contribution in [0.15, 0.2) is 30.3 Å². The maximum absolute atomic E-state index is 12.0. The number of piperidine rings is 1. The van der Waals surface area contributed by atoms with Crippen LogP contribution in [0.5, 0.6) is 0 Å². The molecule has 0 unspecified atom stereocenters. The number of likely N-dealkylation sites (tertiary alicyclic amines) is 1. The molecular weight excluding hydrogens is 288 g/mol. The van der Waals surface area contributed by atoms with Crippen molar-refractivity contribution in [3.63, 3.8) is 0 Å². The summed E-state index contributed by atoms with van der Waals surface area (Å²) in [5, 5.41) is 2.13. The fraction of sp³-hybridized carbons (Fsp3) is 0.400. The Labute approximate surface area is 127 Å². The van der Waals surface area contributed by atoms with Crippen LogP contribution in [0.3, 0.4) is 0 Å². The Kier molecular flexibility index (Phi) is 3.70. The number of ether oxygens (including phenoxy) is 2. The lowest BCUT2D eigenvalue weighted by molar-refractivity contribution is -0.134. The number of benzene rings is 1. The Hall–Kier alpha value is -2.57. The van der Waals surface area contributed by atoms with Crippen molar-refractivity contribution in [3.8, 4) is 0 Å². The zero-order valence-corrected chi connectivity index (χ0v) is 11.9. The molecule has 1 spiro atoms. The van der Waals surface area contributed by atoms with Crippen LogP contribution >= 0.6 is 0 Å². The number of amides is 3. The van der Waals surface area contributed by atoms with E-state index in [0.717, 1.165) is 5.56 Å². The first kappa shape index (κ1) is 14.4. The fourth-order valence-corrected chi connectivity index (χ4v) is 2.65. The molecule has 1 aromatic rings. The zero-order valence-electron chi connectivity index (χ0n) is 11.9. The molecule has 3 amide bonds. The van der Waals surface area contributed by atoms with E-state index < -0.39 is 23.7 Å². The number of carbonyl (C=O) groups is 3. The number of hydrogen-bond acceptors (Lipinski definition) is 5. The highest BCUT2D eigenvalue weighted by Gasteiger charge is 2.51. The first-order chi connectivity index (χ1) is 10.6. The topological polar surface area (TPSA) is 84.9 Å². The molecule has 1 aromatic carbocycles. The smallest absolute Gasteiger partial charge is 0.415 e. The summed E-state index contributed by atoms with van der Waals surface area (Å²) in [6.45, 7) is 0.833. The Morgan fingerprint density at radius 2 is 1.91 bits per heavy atom. The highest BCUT2D eigenvalue weighted by Crippen LogP contribution is 2.30. The molecule has 2 heterocycles. The van der Waals surface area contributed by atoms with Crippen molar-refractivity contribution < 1.29 is 23.9 Å². The van der Waals surface area contributed by atoms with E-state index in [1.54, 1.807) is 0 Å². The summed E-state index contributed by atoms with van der Waals surface area (Å²) >= 11 is 0. The van der Waals surface area contributed by atoms with Gasteiger partial charge in [0.2, 0.25) is 0 Å². The standard InChI is InChI=1S/C15H16N2O5/c18-12-15(22-13(19)16-12)6-8-17(9-7-15)14(20)21-10-11-4-2-1-3-5-11/h1-5H,6-10H2,(H,16,18,19). The van der Waals surface area contributed by atoms with Crippen LogP contribution in [0.2, 0.25) is 0 Å². The summed E-state index contributed by atoms with van der Waals surface area (Å²) in [6.07, 6.45) is -0.579. The minimum atomic E-state index is -1.12. The van der Waals surface area contributed by atoms with Crippen molar-refractivity contribution in [1.82, 2.24) is 10.2 Å². The Morgan fingerprint density at radius 1 is 1.23 bits per heavy atom. The number of hydrogen-bond donors (Lipinski definition) is 1. The van der Waals surface area contributed by atoms with Crippen LogP contribution in [0.1, 0.15) is 18.4 Å². The quantitative estimate of drug-likeness (QED) is 0.893. The predicted octanol–water partition coefficient (Wildman–Crippen LogP) is 1.42. The monoisotopic (exact) mass is 304 g/mol. The van der Waals surface area contributed by atoms with E-state index >= 15 is 0 Å². The third-order valence-corrected chi connectivity index (χ3v) is 3.95. The number of nitrogens with zero attached hydrogens (tertiary/aromatic N) is 1. The number of carbonyl (C=O) groups excluding carboxylic acids is 3. The molecule has 3 rings (SSSR count). The molecule has 2 aliphatic rings. The van der Waals surface area contributed by atoms with Crippen LogP contribution in [-0.4, -0.2) is 41.7 Å². The van der Waals surface area contributed by atoms with E-state index in [9.17, 15) is 14.4 Å². The minimum Gasteiger partial charge on any atom is -0.445 e. The van der Waals surface area contributed by atoms with Crippen molar-refractivity contribution in [3.05, 3.63) is 35.9 Å². The Morgan fingerprint density at radius 3 is 2.50 bits per heavy atom. The molecule has 22 heavy (non-hydrogen) atoms. The van der Waals surface area contributed by atoms with Crippen LogP contribution in [-0.2, 0) is 20.9 Å². The lowest BCUT2D eigenvalue weighted by Crippen LogP contribution is -2.51. The van der Waals surface area contributed by atoms with Crippen LogP contribution in [0, 0.1) is 0 Å². The molecule has 0 atom stereocenters. The molecule has 1 N–H and O–H groups in total. The van der Waals surface area contributed by atoms with Gasteiger partial charge in [-0.3, -0.25) is 10.1 Å². The van der Waals surface area contributed by atoms with E-state index in [2.05, 4.69) is 5.32 Å². The molecular formula is C15H16N2O5. The molecule has 7 nitrogen and oxygen atoms in total. The van der Waals surface area contributed by atoms with Crippen LogP contribution in [0.4, 0.5) is 9.59 Å². The molecule has 116 valence electrons. The average molecular weight is 304 g/mol. The number of rotatable bonds is 2. The van der Waals surface area contributed by atoms with Crippen molar-refractivity contribution in [1.29, 1.82) is 0 Å². The normalized spacial score (nSPS) is 19.7. The van der Waals surface area contributed by atoms with E-state index in [4.69, 9.17) is 9.47 Å². The van der Waals surface area contributed by atoms with Gasteiger partial charge in [-0.1, -0.05) is 30.3 Å². The van der Waals surface area contributed by atoms with Gasteiger partial charge in [-0.15, -0.1) is 0 Å². The van der Waals surface area contributed by atoms with Gasteiger partial charge >= 0.3 is 12.2 Å². The van der Waals surface area contributed by atoms with Gasteiger partial charge in [0, 0.05) is 25.9 Å². The summed E-state index contributed by atoms with van der Waals surface area (Å²) in [4.78, 5) is 36.4. The van der Waals surface area contributed by atoms with Gasteiger partial charge in [0.15, 0.2) is 5.60 Å². The predicted molar refractivity (Wildman–Crippen MR) is 74.8 cm³/mol. The van der Waals surface area contributed by atoms with Gasteiger partial charge in [0.1, 0.15) is 6.61 Å². The fourth-order valence-electron chi connectivity index (χ4n) is 2.65. The summed E-state index contributed by atoms with van der Waals surface area (Å²) < 4.78 is 10.3. The van der Waals surface area contributed by atoms with Crippen LogP contribution < -0.4 is 5.32 Å². The molecule has 0 saturated carbocycles. The lowest BCUT2D eigenvalue weighted by Gasteiger charge is -2.35. The molecule has 2 saturated heterocycles. The highest BCUT2D eigenvalue weighted by atomic mass is 16.6. The van der Waals surface area contributed by atoms with Gasteiger partial charge in [-0.2, -0.15) is 0 Å². The third-order valence-electron chi connectivity index (χ3n) is 3.95. The van der Waals surface area contributed by atoms with Gasteiger partial charge in [-0.25, -0.2) is 9.59 Å². The second-order valence-electron chi connectivity index (χ2n) is 5.37. The van der Waals surface area contributed by atoms with Crippen molar-refractivity contribution in [2.75, 3.05) is 13.1 Å². The van der Waals surface area contributed by atoms with Crippen molar-refractivity contribution >= 4 is 18.1 Å². The van der Waals surface area contributed by atoms with Gasteiger partial charge in [0.05, 0.1) is 0 Å². The van der Waals surface area contributed by atoms with Crippen molar-refractivity contribution in [2.45, 2.75) is 25.0 Å². The average Bonchev–Trinajstić information content (AvgIpc) is 2.80. The minimum absolute atomic E-state index is 0.205. The second kappa shape index (κ2) is 5.67. The first-order valence-electron chi connectivity index (χ1n) is 7.09. The third kappa shape index (κ3) is 2.74. The molecule has 7 heteroatoms. The van der Waals surface area contributed by atoms with E-state index in [1.165, 1.54) is 4.90 Å². The van der Waals surface area contributed by atoms with Crippen LogP contribution in [0.25, 0.3) is 0 Å². The number of alkyl carbamates (subject to hydrolysis) is 1. The van der Waals surface area contributed by atoms with Gasteiger partial charge in [-0.05, 0) is 5.56 Å². The van der Waals surface area contributed by atoms with E-state index in [1.807, 2.05) is 30.3 Å². The Balaban J connectivity index is 1.52. The zero-order chi connectivity index (χ0) is 15.6. The number of nitrogens with one attached hydrogen (secondary N) is 1. The highest BCUT2D eigenvalue weighted by molar-refractivity contribution is 6.03. The lowest BCUT2D eigenvalue weighted by atomic mass is 9.91. The Bertz CT molecular complexity index is 593. The molecule has 0 aromatic heterocycles. The molecule has 2 fully saturated rings. The first-order valence-corrected chi connectivity index (χ1v) is 7.09. The van der Waals surface area contributed by atoms with E-state index in [0.29, 0.717) is 13.1 Å². The number of imide groups is 1. The summed E-state index contributed by atoms with van der Waals surface area (Å²) in [5.74, 6) is -0.421. The maximum Gasteiger partial charge on any atom is 0.415 e. The van der Waals surface area contributed by atoms with Gasteiger partial charge < -0.3 is 14.4 Å². The van der Waals surface area contributed by atoms with E-state index in [-0.39, 0.29) is 19.4 Å². The SMILES string of the molecule is O=C1NC(=O)C2(CCN(C(=O)OCc3ccccc3)CC2)O1. The molecule has 2 aliphatic heterocycles. The largest absolute Gasteiger partial charge is 0.445 e. The summed E-state index contributed by atoms with van der Waals surface area (Å²) in [5.41, 5.74) is -0.207. The van der Waals surface area contributed by atoms with Crippen molar-refractivity contribution in [2.24, 2.45) is 0 Å². The van der Waals surface area contributed by atoms with Gasteiger partial charge in [0.25, 0.3) is 5.91 Å². The maximum atomic E-state index is 12.0.